The Morgan fingerprint density at radius 3 is 2.38 bits per heavy atom. The van der Waals surface area contributed by atoms with Gasteiger partial charge in [0.25, 0.3) is 5.91 Å². The Kier molecular flexibility index (Phi) is 12.1. The monoisotopic (exact) mass is 558 g/mol. The third kappa shape index (κ3) is 9.22. The van der Waals surface area contributed by atoms with Crippen molar-refractivity contribution in [1.29, 1.82) is 0 Å². The van der Waals surface area contributed by atoms with Crippen LogP contribution in [0.15, 0.2) is 48.5 Å². The first-order valence-electron chi connectivity index (χ1n) is 14.4. The number of carbonyl (C=O) groups excluding carboxylic acids is 1. The number of aliphatic hydroxyl groups is 1. The van der Waals surface area contributed by atoms with Crippen molar-refractivity contribution >= 4 is 27.3 Å². The van der Waals surface area contributed by atoms with E-state index >= 15 is 0 Å². The van der Waals surface area contributed by atoms with Crippen molar-refractivity contribution < 1.29 is 18.3 Å². The summed E-state index contributed by atoms with van der Waals surface area (Å²) >= 11 is 0. The van der Waals surface area contributed by atoms with E-state index in [-0.39, 0.29) is 11.7 Å². The molecule has 2 atom stereocenters. The van der Waals surface area contributed by atoms with E-state index < -0.39 is 22.2 Å². The van der Waals surface area contributed by atoms with Crippen molar-refractivity contribution in [2.24, 2.45) is 0 Å². The Labute approximate surface area is 234 Å². The SMILES string of the molecule is CCCC(CCC)NC[C@@H](O)[C@H](Cc1ccccc1)NC(=O)c1cc(NCC)cc(N2CCCCS2(=O)=O)c1. The van der Waals surface area contributed by atoms with Crippen LogP contribution in [0, 0.1) is 0 Å². The Morgan fingerprint density at radius 2 is 1.74 bits per heavy atom. The first-order chi connectivity index (χ1) is 18.8. The van der Waals surface area contributed by atoms with Crippen LogP contribution in [0.3, 0.4) is 0 Å². The van der Waals surface area contributed by atoms with Crippen LogP contribution in [0.25, 0.3) is 0 Å². The summed E-state index contributed by atoms with van der Waals surface area (Å²) in [4.78, 5) is 13.6. The fraction of sp³-hybridized carbons (Fsp3) is 0.567. The van der Waals surface area contributed by atoms with E-state index in [0.29, 0.717) is 55.5 Å². The van der Waals surface area contributed by atoms with Crippen molar-refractivity contribution in [2.75, 3.05) is 35.0 Å². The molecule has 0 aromatic heterocycles. The van der Waals surface area contributed by atoms with Gasteiger partial charge in [-0.2, -0.15) is 0 Å². The van der Waals surface area contributed by atoms with E-state index in [1.165, 1.54) is 4.31 Å². The number of sulfonamides is 1. The predicted octanol–water partition coefficient (Wildman–Crippen LogP) is 4.31. The third-order valence-corrected chi connectivity index (χ3v) is 9.04. The lowest BCUT2D eigenvalue weighted by Crippen LogP contribution is -2.50. The van der Waals surface area contributed by atoms with Crippen LogP contribution in [-0.4, -0.2) is 63.0 Å². The Bertz CT molecular complexity index is 1140. The minimum atomic E-state index is -3.43. The van der Waals surface area contributed by atoms with Gasteiger partial charge in [-0.1, -0.05) is 57.0 Å². The highest BCUT2D eigenvalue weighted by Crippen LogP contribution is 2.28. The van der Waals surface area contributed by atoms with Gasteiger partial charge < -0.3 is 21.1 Å². The molecule has 0 spiro atoms. The van der Waals surface area contributed by atoms with Gasteiger partial charge in [0.05, 0.1) is 23.6 Å². The molecule has 0 aliphatic carbocycles. The quantitative estimate of drug-likeness (QED) is 0.259. The fourth-order valence-corrected chi connectivity index (χ4v) is 6.77. The van der Waals surface area contributed by atoms with Gasteiger partial charge in [0, 0.05) is 36.9 Å². The summed E-state index contributed by atoms with van der Waals surface area (Å²) in [7, 11) is -3.43. The van der Waals surface area contributed by atoms with Crippen molar-refractivity contribution in [3.63, 3.8) is 0 Å². The van der Waals surface area contributed by atoms with Gasteiger partial charge in [-0.3, -0.25) is 9.10 Å². The Balaban J connectivity index is 1.84. The number of anilines is 2. The zero-order valence-corrected chi connectivity index (χ0v) is 24.5. The molecule has 2 aromatic rings. The predicted molar refractivity (Wildman–Crippen MR) is 160 cm³/mol. The second kappa shape index (κ2) is 15.2. The lowest BCUT2D eigenvalue weighted by molar-refractivity contribution is 0.0823. The number of amides is 1. The molecule has 39 heavy (non-hydrogen) atoms. The second-order valence-electron chi connectivity index (χ2n) is 10.4. The molecule has 1 aliphatic heterocycles. The molecule has 4 N–H and O–H groups in total. The molecule has 2 aromatic carbocycles. The molecule has 1 aliphatic rings. The lowest BCUT2D eigenvalue weighted by Gasteiger charge is -2.29. The third-order valence-electron chi connectivity index (χ3n) is 7.17. The summed E-state index contributed by atoms with van der Waals surface area (Å²) in [5.41, 5.74) is 2.55. The highest BCUT2D eigenvalue weighted by Gasteiger charge is 2.28. The number of nitrogens with zero attached hydrogens (tertiary/aromatic N) is 1. The maximum Gasteiger partial charge on any atom is 0.251 e. The normalized spacial score (nSPS) is 16.6. The molecule has 0 unspecified atom stereocenters. The summed E-state index contributed by atoms with van der Waals surface area (Å²) in [5.74, 6) is -0.237. The number of aliphatic hydroxyl groups excluding tert-OH is 1. The fourth-order valence-electron chi connectivity index (χ4n) is 5.15. The number of carbonyl (C=O) groups is 1. The summed E-state index contributed by atoms with van der Waals surface area (Å²) in [6.07, 6.45) is 5.30. The summed E-state index contributed by atoms with van der Waals surface area (Å²) in [5, 5.41) is 21.0. The van der Waals surface area contributed by atoms with Gasteiger partial charge in [-0.15, -0.1) is 0 Å². The summed E-state index contributed by atoms with van der Waals surface area (Å²) in [6.45, 7) is 7.67. The van der Waals surface area contributed by atoms with Gasteiger partial charge in [0.1, 0.15) is 0 Å². The molecule has 216 valence electrons. The molecule has 1 fully saturated rings. The van der Waals surface area contributed by atoms with E-state index in [1.54, 1.807) is 18.2 Å². The average molecular weight is 559 g/mol. The van der Waals surface area contributed by atoms with Gasteiger partial charge in [-0.05, 0) is 62.8 Å². The van der Waals surface area contributed by atoms with E-state index in [0.717, 1.165) is 37.7 Å². The Hall–Kier alpha value is -2.62. The first kappa shape index (κ1) is 30.9. The van der Waals surface area contributed by atoms with Gasteiger partial charge in [0.15, 0.2) is 0 Å². The highest BCUT2D eigenvalue weighted by atomic mass is 32.2. The average Bonchev–Trinajstić information content (AvgIpc) is 2.91. The summed E-state index contributed by atoms with van der Waals surface area (Å²) in [6, 6.07) is 14.8. The molecule has 1 amide bonds. The van der Waals surface area contributed by atoms with E-state index in [9.17, 15) is 18.3 Å². The largest absolute Gasteiger partial charge is 0.390 e. The highest BCUT2D eigenvalue weighted by molar-refractivity contribution is 7.92. The standard InChI is InChI=1S/C30H46N4O4S/c1-4-12-25(13-5-2)32-22-29(35)28(18-23-14-8-7-9-15-23)33-30(36)24-19-26(31-6-3)21-27(20-24)34-16-10-11-17-39(34,37)38/h7-9,14-15,19-21,25,28-29,31-32,35H,4-6,10-13,16-18,22H2,1-3H3,(H,33,36)/t28-,29+/m0/s1. The van der Waals surface area contributed by atoms with Crippen LogP contribution in [0.4, 0.5) is 11.4 Å². The minimum absolute atomic E-state index is 0.107. The van der Waals surface area contributed by atoms with Gasteiger partial charge >= 0.3 is 0 Å². The molecule has 0 bridgehead atoms. The van der Waals surface area contributed by atoms with Crippen molar-refractivity contribution in [3.8, 4) is 0 Å². The first-order valence-corrected chi connectivity index (χ1v) is 16.0. The molecular formula is C30H46N4O4S. The molecule has 1 saturated heterocycles. The summed E-state index contributed by atoms with van der Waals surface area (Å²) < 4.78 is 27.0. The smallest absolute Gasteiger partial charge is 0.251 e. The molecule has 3 rings (SSSR count). The topological polar surface area (TPSA) is 111 Å². The maximum absolute atomic E-state index is 13.6. The number of rotatable bonds is 15. The van der Waals surface area contributed by atoms with Gasteiger partial charge in [-0.25, -0.2) is 8.42 Å². The minimum Gasteiger partial charge on any atom is -0.390 e. The number of hydrogen-bond donors (Lipinski definition) is 4. The Morgan fingerprint density at radius 1 is 1.03 bits per heavy atom. The van der Waals surface area contributed by atoms with Crippen molar-refractivity contribution in [2.45, 2.75) is 83.9 Å². The molecule has 9 heteroatoms. The molecule has 0 radical (unpaired) electrons. The lowest BCUT2D eigenvalue weighted by atomic mass is 9.99. The molecule has 1 heterocycles. The number of hydrogen-bond acceptors (Lipinski definition) is 6. The van der Waals surface area contributed by atoms with Crippen molar-refractivity contribution in [3.05, 3.63) is 59.7 Å². The zero-order valence-electron chi connectivity index (χ0n) is 23.7. The van der Waals surface area contributed by atoms with E-state index in [1.807, 2.05) is 37.3 Å². The van der Waals surface area contributed by atoms with Crippen LogP contribution in [0.2, 0.25) is 0 Å². The van der Waals surface area contributed by atoms with Crippen LogP contribution in [0.1, 0.15) is 75.2 Å². The van der Waals surface area contributed by atoms with Crippen LogP contribution < -0.4 is 20.3 Å². The number of benzene rings is 2. The second-order valence-corrected chi connectivity index (χ2v) is 12.4. The maximum atomic E-state index is 13.6. The molecule has 0 saturated carbocycles. The number of nitrogens with one attached hydrogen (secondary N) is 3. The van der Waals surface area contributed by atoms with Crippen LogP contribution in [0.5, 0.6) is 0 Å². The van der Waals surface area contributed by atoms with Crippen molar-refractivity contribution in [1.82, 2.24) is 10.6 Å². The van der Waals surface area contributed by atoms with E-state index in [2.05, 4.69) is 29.8 Å². The van der Waals surface area contributed by atoms with E-state index in [4.69, 9.17) is 0 Å². The van der Waals surface area contributed by atoms with Crippen LogP contribution >= 0.6 is 0 Å². The van der Waals surface area contributed by atoms with Crippen LogP contribution in [-0.2, 0) is 16.4 Å². The van der Waals surface area contributed by atoms with Gasteiger partial charge in [0.2, 0.25) is 10.0 Å². The zero-order chi connectivity index (χ0) is 28.3. The molecule has 8 nitrogen and oxygen atoms in total. The molecular weight excluding hydrogens is 512 g/mol.